The molecule has 4 heteroatoms. The summed E-state index contributed by atoms with van der Waals surface area (Å²) in [6, 6.07) is 13.6. The number of ether oxygens (including phenoxy) is 1. The van der Waals surface area contributed by atoms with Gasteiger partial charge in [0.2, 0.25) is 0 Å². The van der Waals surface area contributed by atoms with Gasteiger partial charge in [-0.25, -0.2) is 0 Å². The molecule has 1 N–H and O–H groups in total. The van der Waals surface area contributed by atoms with Crippen LogP contribution < -0.4 is 10.1 Å². The molecule has 0 aliphatic carbocycles. The molecule has 2 aromatic rings. The van der Waals surface area contributed by atoms with E-state index in [1.165, 1.54) is 11.1 Å². The molecule has 0 fully saturated rings. The lowest BCUT2D eigenvalue weighted by molar-refractivity contribution is -0.127. The predicted molar refractivity (Wildman–Crippen MR) is 98.8 cm³/mol. The van der Waals surface area contributed by atoms with Crippen LogP contribution in [0.25, 0.3) is 0 Å². The predicted octanol–water partition coefficient (Wildman–Crippen LogP) is 4.47. The maximum absolute atomic E-state index is 12.1. The highest BCUT2D eigenvalue weighted by Gasteiger charge is 2.14. The summed E-state index contributed by atoms with van der Waals surface area (Å²) in [7, 11) is 0. The fourth-order valence-electron chi connectivity index (χ4n) is 2.34. The molecule has 24 heavy (non-hydrogen) atoms. The van der Waals surface area contributed by atoms with E-state index in [2.05, 4.69) is 12.2 Å². The minimum atomic E-state index is -0.511. The average molecular weight is 346 g/mol. The van der Waals surface area contributed by atoms with Crippen molar-refractivity contribution in [2.45, 2.75) is 39.7 Å². The van der Waals surface area contributed by atoms with Gasteiger partial charge in [0.15, 0.2) is 6.10 Å². The van der Waals surface area contributed by atoms with Crippen LogP contribution in [0.5, 0.6) is 5.75 Å². The number of benzene rings is 2. The van der Waals surface area contributed by atoms with E-state index in [0.717, 1.165) is 29.2 Å². The highest BCUT2D eigenvalue weighted by molar-refractivity contribution is 6.30. The minimum Gasteiger partial charge on any atom is -0.481 e. The largest absolute Gasteiger partial charge is 0.481 e. The molecule has 0 saturated heterocycles. The molecule has 1 atom stereocenters. The normalized spacial score (nSPS) is 11.8. The van der Waals surface area contributed by atoms with Gasteiger partial charge in [0.25, 0.3) is 5.91 Å². The first-order chi connectivity index (χ1) is 11.5. The minimum absolute atomic E-state index is 0.0932. The number of amides is 1. The van der Waals surface area contributed by atoms with Gasteiger partial charge < -0.3 is 10.1 Å². The van der Waals surface area contributed by atoms with E-state index in [1.54, 1.807) is 6.92 Å². The van der Waals surface area contributed by atoms with Crippen molar-refractivity contribution >= 4 is 17.5 Å². The van der Waals surface area contributed by atoms with Crippen molar-refractivity contribution < 1.29 is 9.53 Å². The number of carbonyl (C=O) groups excluding carboxylic acids is 1. The third-order valence-corrected chi connectivity index (χ3v) is 4.27. The van der Waals surface area contributed by atoms with Gasteiger partial charge in [-0.1, -0.05) is 29.8 Å². The van der Waals surface area contributed by atoms with Gasteiger partial charge in [-0.3, -0.25) is 4.79 Å². The molecule has 2 rings (SSSR count). The van der Waals surface area contributed by atoms with E-state index in [-0.39, 0.29) is 5.91 Å². The van der Waals surface area contributed by atoms with Crippen molar-refractivity contribution in [3.05, 3.63) is 64.2 Å². The van der Waals surface area contributed by atoms with E-state index in [0.29, 0.717) is 6.54 Å². The second-order valence-corrected chi connectivity index (χ2v) is 6.46. The number of rotatable bonds is 7. The second kappa shape index (κ2) is 8.74. The van der Waals surface area contributed by atoms with Crippen LogP contribution in [0.2, 0.25) is 5.02 Å². The zero-order chi connectivity index (χ0) is 17.5. The highest BCUT2D eigenvalue weighted by Crippen LogP contribution is 2.17. The van der Waals surface area contributed by atoms with Crippen LogP contribution in [0.15, 0.2) is 42.5 Å². The molecular weight excluding hydrogens is 322 g/mol. The number of carbonyl (C=O) groups is 1. The van der Waals surface area contributed by atoms with Gasteiger partial charge in [-0.15, -0.1) is 0 Å². The molecule has 3 nitrogen and oxygen atoms in total. The summed E-state index contributed by atoms with van der Waals surface area (Å²) in [5.41, 5.74) is 3.58. The Bertz CT molecular complexity index is 683. The van der Waals surface area contributed by atoms with Gasteiger partial charge in [0.05, 0.1) is 0 Å². The first-order valence-corrected chi connectivity index (χ1v) is 8.59. The first kappa shape index (κ1) is 18.3. The van der Waals surface area contributed by atoms with E-state index in [1.807, 2.05) is 49.4 Å². The Morgan fingerprint density at radius 3 is 2.50 bits per heavy atom. The summed E-state index contributed by atoms with van der Waals surface area (Å²) >= 11 is 5.86. The Hall–Kier alpha value is -2.00. The number of nitrogens with one attached hydrogen (secondary N) is 1. The Labute approximate surface area is 149 Å². The van der Waals surface area contributed by atoms with Crippen LogP contribution in [-0.2, 0) is 11.2 Å². The van der Waals surface area contributed by atoms with Gasteiger partial charge in [-0.2, -0.15) is 0 Å². The van der Waals surface area contributed by atoms with Crippen LogP contribution in [-0.4, -0.2) is 18.6 Å². The summed E-state index contributed by atoms with van der Waals surface area (Å²) in [4.78, 5) is 12.1. The van der Waals surface area contributed by atoms with E-state index in [9.17, 15) is 4.79 Å². The van der Waals surface area contributed by atoms with Crippen molar-refractivity contribution in [2.75, 3.05) is 6.54 Å². The van der Waals surface area contributed by atoms with Crippen molar-refractivity contribution in [3.63, 3.8) is 0 Å². The number of aryl methyl sites for hydroxylation is 3. The molecule has 2 aromatic carbocycles. The van der Waals surface area contributed by atoms with Crippen LogP contribution >= 0.6 is 11.6 Å². The molecule has 0 heterocycles. The molecule has 0 bridgehead atoms. The first-order valence-electron chi connectivity index (χ1n) is 8.22. The topological polar surface area (TPSA) is 38.3 Å². The molecule has 128 valence electrons. The molecule has 0 aromatic heterocycles. The molecular formula is C20H24ClNO2. The average Bonchev–Trinajstić information content (AvgIpc) is 2.56. The maximum atomic E-state index is 12.1. The lowest BCUT2D eigenvalue weighted by atomic mass is 10.1. The number of hydrogen-bond acceptors (Lipinski definition) is 2. The zero-order valence-corrected chi connectivity index (χ0v) is 15.2. The van der Waals surface area contributed by atoms with Crippen LogP contribution in [0, 0.1) is 13.8 Å². The van der Waals surface area contributed by atoms with Crippen LogP contribution in [0.1, 0.15) is 30.0 Å². The van der Waals surface area contributed by atoms with Crippen molar-refractivity contribution in [1.82, 2.24) is 5.32 Å². The maximum Gasteiger partial charge on any atom is 0.260 e. The van der Waals surface area contributed by atoms with Crippen LogP contribution in [0.4, 0.5) is 0 Å². The second-order valence-electron chi connectivity index (χ2n) is 6.03. The number of hydrogen-bond donors (Lipinski definition) is 1. The summed E-state index contributed by atoms with van der Waals surface area (Å²) in [5.74, 6) is 0.631. The van der Waals surface area contributed by atoms with Gasteiger partial charge in [-0.05, 0) is 74.6 Å². The Balaban J connectivity index is 1.73. The fraction of sp³-hybridized carbons (Fsp3) is 0.350. The summed E-state index contributed by atoms with van der Waals surface area (Å²) in [5, 5.41) is 3.66. The third kappa shape index (κ3) is 5.57. The van der Waals surface area contributed by atoms with Gasteiger partial charge >= 0.3 is 0 Å². The SMILES string of the molecule is Cc1ccc(O[C@H](C)C(=O)NCCCc2ccc(Cl)cc2)cc1C. The van der Waals surface area contributed by atoms with Crippen molar-refractivity contribution in [2.24, 2.45) is 0 Å². The monoisotopic (exact) mass is 345 g/mol. The molecule has 0 aliphatic rings. The Kier molecular flexibility index (Phi) is 6.68. The molecule has 1 amide bonds. The molecule has 0 spiro atoms. The Morgan fingerprint density at radius 1 is 1.12 bits per heavy atom. The van der Waals surface area contributed by atoms with E-state index >= 15 is 0 Å². The smallest absolute Gasteiger partial charge is 0.260 e. The molecule has 0 aliphatic heterocycles. The van der Waals surface area contributed by atoms with Crippen molar-refractivity contribution in [3.8, 4) is 5.75 Å². The fourth-order valence-corrected chi connectivity index (χ4v) is 2.47. The lowest BCUT2D eigenvalue weighted by Gasteiger charge is -2.15. The van der Waals surface area contributed by atoms with E-state index < -0.39 is 6.10 Å². The van der Waals surface area contributed by atoms with Gasteiger partial charge in [0.1, 0.15) is 5.75 Å². The zero-order valence-electron chi connectivity index (χ0n) is 14.4. The summed E-state index contributed by atoms with van der Waals surface area (Å²) in [6.45, 7) is 6.48. The number of halogens is 1. The summed E-state index contributed by atoms with van der Waals surface area (Å²) in [6.07, 6.45) is 1.27. The molecule has 0 radical (unpaired) electrons. The Morgan fingerprint density at radius 2 is 1.83 bits per heavy atom. The van der Waals surface area contributed by atoms with E-state index in [4.69, 9.17) is 16.3 Å². The standard InChI is InChI=1S/C20H24ClNO2/c1-14-6-11-19(13-15(14)2)24-16(3)20(23)22-12-4-5-17-7-9-18(21)10-8-17/h6-11,13,16H,4-5,12H2,1-3H3,(H,22,23)/t16-/m1/s1. The third-order valence-electron chi connectivity index (χ3n) is 4.02. The lowest BCUT2D eigenvalue weighted by Crippen LogP contribution is -2.36. The van der Waals surface area contributed by atoms with Gasteiger partial charge in [0, 0.05) is 11.6 Å². The molecule has 0 unspecified atom stereocenters. The van der Waals surface area contributed by atoms with Crippen molar-refractivity contribution in [1.29, 1.82) is 0 Å². The van der Waals surface area contributed by atoms with Crippen LogP contribution in [0.3, 0.4) is 0 Å². The quantitative estimate of drug-likeness (QED) is 0.752. The summed E-state index contributed by atoms with van der Waals surface area (Å²) < 4.78 is 5.71. The molecule has 0 saturated carbocycles. The highest BCUT2D eigenvalue weighted by atomic mass is 35.5.